The molecule has 1 aromatic rings. The van der Waals surface area contributed by atoms with Gasteiger partial charge in [0.15, 0.2) is 0 Å². The van der Waals surface area contributed by atoms with Gasteiger partial charge in [-0.25, -0.2) is 4.79 Å². The maximum Gasteiger partial charge on any atom is 0.389 e. The van der Waals surface area contributed by atoms with E-state index in [9.17, 15) is 13.6 Å². The molecule has 0 saturated carbocycles. The number of halogens is 3. The number of carbonyl (C=O) groups excluding carboxylic acids is 1. The predicted molar refractivity (Wildman–Crippen MR) is 50.0 cm³/mol. The standard InChI is InChI=1S/C8H6BrF2NO2/c9-6-4(2-1-3-5(6)12)7(13)14-8(10)11/h1-3,8H,12H2. The summed E-state index contributed by atoms with van der Waals surface area (Å²) in [6, 6.07) is 4.34. The molecule has 0 fully saturated rings. The zero-order chi connectivity index (χ0) is 10.7. The molecular formula is C8H6BrF2NO2. The molecule has 6 heteroatoms. The van der Waals surface area contributed by atoms with E-state index in [4.69, 9.17) is 5.73 Å². The van der Waals surface area contributed by atoms with Crippen molar-refractivity contribution < 1.29 is 18.3 Å². The van der Waals surface area contributed by atoms with E-state index in [1.807, 2.05) is 0 Å². The van der Waals surface area contributed by atoms with Crippen molar-refractivity contribution >= 4 is 27.6 Å². The summed E-state index contributed by atoms with van der Waals surface area (Å²) >= 11 is 3.00. The number of carbonyl (C=O) groups is 1. The third-order valence-electron chi connectivity index (χ3n) is 1.44. The average molecular weight is 266 g/mol. The summed E-state index contributed by atoms with van der Waals surface area (Å²) in [5, 5.41) is 0. The molecule has 1 rings (SSSR count). The first-order chi connectivity index (χ1) is 6.52. The fraction of sp³-hybridized carbons (Fsp3) is 0.125. The van der Waals surface area contributed by atoms with Crippen LogP contribution in [0.2, 0.25) is 0 Å². The topological polar surface area (TPSA) is 52.3 Å². The van der Waals surface area contributed by atoms with Crippen molar-refractivity contribution in [3.63, 3.8) is 0 Å². The summed E-state index contributed by atoms with van der Waals surface area (Å²) < 4.78 is 27.4. The predicted octanol–water partition coefficient (Wildman–Crippen LogP) is 2.41. The van der Waals surface area contributed by atoms with Crippen molar-refractivity contribution in [3.8, 4) is 0 Å². The molecule has 3 nitrogen and oxygen atoms in total. The zero-order valence-corrected chi connectivity index (χ0v) is 8.42. The second-order valence-corrected chi connectivity index (χ2v) is 3.17. The van der Waals surface area contributed by atoms with Gasteiger partial charge in [-0.1, -0.05) is 6.07 Å². The maximum atomic E-state index is 11.7. The van der Waals surface area contributed by atoms with Gasteiger partial charge in [-0.05, 0) is 28.1 Å². The number of benzene rings is 1. The lowest BCUT2D eigenvalue weighted by molar-refractivity contribution is -0.0906. The van der Waals surface area contributed by atoms with Crippen LogP contribution >= 0.6 is 15.9 Å². The first-order valence-electron chi connectivity index (χ1n) is 3.55. The molecule has 0 saturated heterocycles. The average Bonchev–Trinajstić information content (AvgIpc) is 2.08. The number of hydrogen-bond acceptors (Lipinski definition) is 3. The number of ether oxygens (including phenoxy) is 1. The van der Waals surface area contributed by atoms with Crippen LogP contribution in [-0.2, 0) is 4.74 Å². The lowest BCUT2D eigenvalue weighted by Gasteiger charge is -2.06. The van der Waals surface area contributed by atoms with Crippen LogP contribution in [0.15, 0.2) is 22.7 Å². The van der Waals surface area contributed by atoms with Gasteiger partial charge in [-0.15, -0.1) is 0 Å². The van der Waals surface area contributed by atoms with E-state index in [0.29, 0.717) is 0 Å². The zero-order valence-electron chi connectivity index (χ0n) is 6.84. The lowest BCUT2D eigenvalue weighted by atomic mass is 10.2. The summed E-state index contributed by atoms with van der Waals surface area (Å²) in [7, 11) is 0. The second-order valence-electron chi connectivity index (χ2n) is 2.37. The Kier molecular flexibility index (Phi) is 3.40. The van der Waals surface area contributed by atoms with Crippen LogP contribution in [0.3, 0.4) is 0 Å². The van der Waals surface area contributed by atoms with Crippen molar-refractivity contribution in [2.45, 2.75) is 6.61 Å². The third-order valence-corrected chi connectivity index (χ3v) is 2.33. The monoisotopic (exact) mass is 265 g/mol. The Balaban J connectivity index is 2.96. The van der Waals surface area contributed by atoms with Crippen LogP contribution in [-0.4, -0.2) is 12.6 Å². The Labute approximate surface area is 87.0 Å². The fourth-order valence-corrected chi connectivity index (χ4v) is 1.28. The van der Waals surface area contributed by atoms with E-state index in [1.165, 1.54) is 18.2 Å². The van der Waals surface area contributed by atoms with Crippen molar-refractivity contribution in [2.75, 3.05) is 5.73 Å². The summed E-state index contributed by atoms with van der Waals surface area (Å²) in [5.41, 5.74) is 5.71. The van der Waals surface area contributed by atoms with Gasteiger partial charge in [0, 0.05) is 5.69 Å². The molecule has 1 aromatic carbocycles. The van der Waals surface area contributed by atoms with Gasteiger partial charge < -0.3 is 10.5 Å². The second kappa shape index (κ2) is 4.36. The molecular weight excluding hydrogens is 260 g/mol. The van der Waals surface area contributed by atoms with E-state index in [2.05, 4.69) is 20.7 Å². The van der Waals surface area contributed by atoms with Crippen LogP contribution in [0.1, 0.15) is 10.4 Å². The molecule has 76 valence electrons. The highest BCUT2D eigenvalue weighted by Gasteiger charge is 2.16. The third kappa shape index (κ3) is 2.41. The van der Waals surface area contributed by atoms with E-state index in [1.54, 1.807) is 0 Å². The van der Waals surface area contributed by atoms with Gasteiger partial charge >= 0.3 is 12.6 Å². The van der Waals surface area contributed by atoms with E-state index in [-0.39, 0.29) is 15.7 Å². The number of rotatable bonds is 2. The van der Waals surface area contributed by atoms with Crippen molar-refractivity contribution in [1.29, 1.82) is 0 Å². The highest BCUT2D eigenvalue weighted by Crippen LogP contribution is 2.24. The minimum absolute atomic E-state index is 0.0229. The van der Waals surface area contributed by atoms with Crippen LogP contribution in [0.5, 0.6) is 0 Å². The van der Waals surface area contributed by atoms with Crippen LogP contribution < -0.4 is 5.73 Å². The van der Waals surface area contributed by atoms with E-state index >= 15 is 0 Å². The van der Waals surface area contributed by atoms with Crippen LogP contribution in [0.4, 0.5) is 14.5 Å². The molecule has 0 atom stereocenters. The van der Waals surface area contributed by atoms with Gasteiger partial charge in [0.25, 0.3) is 0 Å². The first kappa shape index (κ1) is 10.9. The number of esters is 1. The summed E-state index contributed by atoms with van der Waals surface area (Å²) in [4.78, 5) is 11.0. The Morgan fingerprint density at radius 3 is 2.71 bits per heavy atom. The fourth-order valence-electron chi connectivity index (χ4n) is 0.852. The highest BCUT2D eigenvalue weighted by molar-refractivity contribution is 9.10. The minimum atomic E-state index is -3.13. The number of alkyl halides is 2. The van der Waals surface area contributed by atoms with E-state index < -0.39 is 12.6 Å². The van der Waals surface area contributed by atoms with Gasteiger partial charge in [-0.2, -0.15) is 8.78 Å². The molecule has 0 amide bonds. The molecule has 0 radical (unpaired) electrons. The largest absolute Gasteiger partial charge is 0.399 e. The minimum Gasteiger partial charge on any atom is -0.399 e. The molecule has 0 aliphatic heterocycles. The molecule has 0 unspecified atom stereocenters. The molecule has 0 aliphatic rings. The molecule has 0 heterocycles. The van der Waals surface area contributed by atoms with Crippen LogP contribution in [0, 0.1) is 0 Å². The first-order valence-corrected chi connectivity index (χ1v) is 4.35. The van der Waals surface area contributed by atoms with Gasteiger partial charge in [0.2, 0.25) is 0 Å². The lowest BCUT2D eigenvalue weighted by Crippen LogP contribution is -2.10. The SMILES string of the molecule is Nc1cccc(C(=O)OC(F)F)c1Br. The highest BCUT2D eigenvalue weighted by atomic mass is 79.9. The Morgan fingerprint density at radius 1 is 1.50 bits per heavy atom. The Morgan fingerprint density at radius 2 is 2.14 bits per heavy atom. The van der Waals surface area contributed by atoms with Crippen molar-refractivity contribution in [1.82, 2.24) is 0 Å². The molecule has 2 N–H and O–H groups in total. The van der Waals surface area contributed by atoms with Crippen LogP contribution in [0.25, 0.3) is 0 Å². The molecule has 14 heavy (non-hydrogen) atoms. The number of hydrogen-bond donors (Lipinski definition) is 1. The number of nitrogens with two attached hydrogens (primary N) is 1. The summed E-state index contributed by atoms with van der Waals surface area (Å²) in [5.74, 6) is -1.11. The smallest absolute Gasteiger partial charge is 0.389 e. The van der Waals surface area contributed by atoms with E-state index in [0.717, 1.165) is 0 Å². The molecule has 0 spiro atoms. The summed E-state index contributed by atoms with van der Waals surface area (Å²) in [6.45, 7) is -3.13. The Hall–Kier alpha value is -1.17. The number of anilines is 1. The normalized spacial score (nSPS) is 10.3. The molecule has 0 aliphatic carbocycles. The van der Waals surface area contributed by atoms with Gasteiger partial charge in [-0.3, -0.25) is 0 Å². The summed E-state index contributed by atoms with van der Waals surface area (Å²) in [6.07, 6.45) is 0. The maximum absolute atomic E-state index is 11.7. The Bertz CT molecular complexity index is 357. The quantitative estimate of drug-likeness (QED) is 0.660. The van der Waals surface area contributed by atoms with Gasteiger partial charge in [0.05, 0.1) is 10.0 Å². The number of nitrogen functional groups attached to an aromatic ring is 1. The molecule has 0 bridgehead atoms. The van der Waals surface area contributed by atoms with Crippen molar-refractivity contribution in [3.05, 3.63) is 28.2 Å². The van der Waals surface area contributed by atoms with Gasteiger partial charge in [0.1, 0.15) is 0 Å². The molecule has 0 aromatic heterocycles. The van der Waals surface area contributed by atoms with Crippen molar-refractivity contribution in [2.24, 2.45) is 0 Å².